The molecule has 4 rings (SSSR count). The predicted molar refractivity (Wildman–Crippen MR) is 112 cm³/mol. The zero-order chi connectivity index (χ0) is 18.6. The van der Waals surface area contributed by atoms with Crippen LogP contribution in [-0.2, 0) is 0 Å². The summed E-state index contributed by atoms with van der Waals surface area (Å²) in [5.74, 6) is 0.636. The molecular weight excluding hydrogens is 354 g/mol. The molecular formula is C22H23N3OS. The topological polar surface area (TPSA) is 37.4 Å². The van der Waals surface area contributed by atoms with Crippen LogP contribution in [0.15, 0.2) is 70.6 Å². The molecule has 0 saturated heterocycles. The highest BCUT2D eigenvalue weighted by Crippen LogP contribution is 2.49. The van der Waals surface area contributed by atoms with Crippen molar-refractivity contribution < 1.29 is 4.74 Å². The van der Waals surface area contributed by atoms with Gasteiger partial charge in [-0.1, -0.05) is 30.0 Å². The fourth-order valence-corrected chi connectivity index (χ4v) is 4.50. The highest BCUT2D eigenvalue weighted by Gasteiger charge is 2.23. The summed E-state index contributed by atoms with van der Waals surface area (Å²) >= 11 is 1.84. The SMILES string of the molecule is CNCCCN1c2ccccc2Sc2cc(-c3ccnc(OC)c3)ccc21. The molecule has 3 aromatic rings. The number of fused-ring (bicyclic) bond motifs is 2. The summed E-state index contributed by atoms with van der Waals surface area (Å²) < 4.78 is 5.28. The van der Waals surface area contributed by atoms with E-state index in [4.69, 9.17) is 4.74 Å². The second-order valence-electron chi connectivity index (χ2n) is 6.45. The van der Waals surface area contributed by atoms with E-state index in [0.29, 0.717) is 5.88 Å². The van der Waals surface area contributed by atoms with Crippen molar-refractivity contribution in [1.29, 1.82) is 0 Å². The van der Waals surface area contributed by atoms with Crippen LogP contribution >= 0.6 is 11.8 Å². The Kier molecular flexibility index (Phi) is 5.32. The van der Waals surface area contributed by atoms with Gasteiger partial charge in [0.25, 0.3) is 0 Å². The van der Waals surface area contributed by atoms with Crippen LogP contribution in [0.2, 0.25) is 0 Å². The van der Waals surface area contributed by atoms with Crippen LogP contribution in [0, 0.1) is 0 Å². The smallest absolute Gasteiger partial charge is 0.213 e. The average Bonchev–Trinajstić information content (AvgIpc) is 2.73. The Hall–Kier alpha value is -2.50. The Morgan fingerprint density at radius 3 is 2.67 bits per heavy atom. The fraction of sp³-hybridized carbons (Fsp3) is 0.227. The molecule has 27 heavy (non-hydrogen) atoms. The van der Waals surface area contributed by atoms with Gasteiger partial charge in [-0.05, 0) is 61.5 Å². The number of hydrogen-bond donors (Lipinski definition) is 1. The van der Waals surface area contributed by atoms with Gasteiger partial charge in [-0.25, -0.2) is 4.98 Å². The Morgan fingerprint density at radius 1 is 1.00 bits per heavy atom. The molecule has 0 bridgehead atoms. The summed E-state index contributed by atoms with van der Waals surface area (Å²) in [6.45, 7) is 2.00. The van der Waals surface area contributed by atoms with Gasteiger partial charge in [0.15, 0.2) is 0 Å². The van der Waals surface area contributed by atoms with Crippen LogP contribution in [0.3, 0.4) is 0 Å². The van der Waals surface area contributed by atoms with E-state index in [0.717, 1.165) is 25.1 Å². The van der Waals surface area contributed by atoms with Crippen molar-refractivity contribution in [3.05, 3.63) is 60.8 Å². The Morgan fingerprint density at radius 2 is 1.81 bits per heavy atom. The van der Waals surface area contributed by atoms with E-state index >= 15 is 0 Å². The van der Waals surface area contributed by atoms with Crippen molar-refractivity contribution >= 4 is 23.1 Å². The third-order valence-electron chi connectivity index (χ3n) is 4.71. The number of pyridine rings is 1. The minimum absolute atomic E-state index is 0.636. The lowest BCUT2D eigenvalue weighted by Crippen LogP contribution is -2.24. The van der Waals surface area contributed by atoms with Crippen molar-refractivity contribution in [2.24, 2.45) is 0 Å². The lowest BCUT2D eigenvalue weighted by atomic mass is 10.1. The molecule has 0 atom stereocenters. The highest BCUT2D eigenvalue weighted by atomic mass is 32.2. The number of anilines is 2. The van der Waals surface area contributed by atoms with Crippen LogP contribution in [0.25, 0.3) is 11.1 Å². The summed E-state index contributed by atoms with van der Waals surface area (Å²) in [5, 5.41) is 3.25. The van der Waals surface area contributed by atoms with Crippen LogP contribution in [-0.4, -0.2) is 32.2 Å². The van der Waals surface area contributed by atoms with E-state index in [1.54, 1.807) is 13.3 Å². The van der Waals surface area contributed by atoms with Gasteiger partial charge >= 0.3 is 0 Å². The summed E-state index contributed by atoms with van der Waals surface area (Å²) in [4.78, 5) is 9.24. The van der Waals surface area contributed by atoms with Gasteiger partial charge in [0.05, 0.1) is 18.5 Å². The molecule has 0 spiro atoms. The molecule has 0 aliphatic carbocycles. The number of nitrogens with one attached hydrogen (secondary N) is 1. The van der Waals surface area contributed by atoms with Crippen LogP contribution in [0.4, 0.5) is 11.4 Å². The van der Waals surface area contributed by atoms with E-state index in [1.807, 2.05) is 30.9 Å². The van der Waals surface area contributed by atoms with Gasteiger partial charge in [0.2, 0.25) is 5.88 Å². The molecule has 0 fully saturated rings. The first-order valence-electron chi connectivity index (χ1n) is 9.13. The summed E-state index contributed by atoms with van der Waals surface area (Å²) in [5.41, 5.74) is 4.87. The molecule has 1 N–H and O–H groups in total. The largest absolute Gasteiger partial charge is 0.481 e. The number of aromatic nitrogens is 1. The van der Waals surface area contributed by atoms with Gasteiger partial charge in [0.1, 0.15) is 0 Å². The second-order valence-corrected chi connectivity index (χ2v) is 7.53. The number of para-hydroxylation sites is 1. The molecule has 5 heteroatoms. The van der Waals surface area contributed by atoms with E-state index < -0.39 is 0 Å². The zero-order valence-electron chi connectivity index (χ0n) is 15.6. The van der Waals surface area contributed by atoms with E-state index in [9.17, 15) is 0 Å². The van der Waals surface area contributed by atoms with Gasteiger partial charge in [-0.2, -0.15) is 0 Å². The predicted octanol–water partition coefficient (Wildman–Crippen LogP) is 4.97. The lowest BCUT2D eigenvalue weighted by Gasteiger charge is -2.33. The molecule has 0 radical (unpaired) electrons. The minimum Gasteiger partial charge on any atom is -0.481 e. The maximum Gasteiger partial charge on any atom is 0.213 e. The van der Waals surface area contributed by atoms with Crippen LogP contribution in [0.5, 0.6) is 5.88 Å². The number of ether oxygens (including phenoxy) is 1. The molecule has 138 valence electrons. The van der Waals surface area contributed by atoms with Crippen molar-refractivity contribution in [3.63, 3.8) is 0 Å². The Labute approximate surface area is 164 Å². The standard InChI is InChI=1S/C22H23N3OS/c1-23-11-5-13-25-18-6-3-4-7-20(18)27-21-14-16(8-9-19(21)25)17-10-12-24-22(15-17)26-2/h3-4,6-10,12,14-15,23H,5,11,13H2,1-2H3. The number of methoxy groups -OCH3 is 1. The molecule has 1 aliphatic heterocycles. The number of benzene rings is 2. The second kappa shape index (κ2) is 8.03. The fourth-order valence-electron chi connectivity index (χ4n) is 3.37. The first-order valence-corrected chi connectivity index (χ1v) is 9.95. The molecule has 2 aromatic carbocycles. The summed E-state index contributed by atoms with van der Waals surface area (Å²) in [6, 6.07) is 19.3. The number of hydrogen-bond acceptors (Lipinski definition) is 5. The van der Waals surface area contributed by atoms with Crippen molar-refractivity contribution in [3.8, 4) is 17.0 Å². The van der Waals surface area contributed by atoms with Gasteiger partial charge < -0.3 is 15.0 Å². The molecule has 0 amide bonds. The normalized spacial score (nSPS) is 12.4. The molecule has 0 saturated carbocycles. The maximum atomic E-state index is 5.28. The Balaban J connectivity index is 1.72. The number of nitrogens with zero attached hydrogens (tertiary/aromatic N) is 2. The Bertz CT molecular complexity index is 944. The molecule has 1 aromatic heterocycles. The van der Waals surface area contributed by atoms with Crippen molar-refractivity contribution in [2.45, 2.75) is 16.2 Å². The monoisotopic (exact) mass is 377 g/mol. The lowest BCUT2D eigenvalue weighted by molar-refractivity contribution is 0.398. The quantitative estimate of drug-likeness (QED) is 0.614. The molecule has 0 unspecified atom stereocenters. The van der Waals surface area contributed by atoms with E-state index in [2.05, 4.69) is 57.7 Å². The van der Waals surface area contributed by atoms with E-state index in [1.165, 1.54) is 26.7 Å². The average molecular weight is 378 g/mol. The van der Waals surface area contributed by atoms with Crippen LogP contribution in [0.1, 0.15) is 6.42 Å². The maximum absolute atomic E-state index is 5.28. The van der Waals surface area contributed by atoms with Crippen molar-refractivity contribution in [1.82, 2.24) is 10.3 Å². The van der Waals surface area contributed by atoms with E-state index in [-0.39, 0.29) is 0 Å². The summed E-state index contributed by atoms with van der Waals surface area (Å²) in [7, 11) is 3.65. The first kappa shape index (κ1) is 17.9. The van der Waals surface area contributed by atoms with Gasteiger partial charge in [-0.3, -0.25) is 0 Å². The first-order chi connectivity index (χ1) is 13.3. The minimum atomic E-state index is 0.636. The van der Waals surface area contributed by atoms with Gasteiger partial charge in [0, 0.05) is 28.6 Å². The molecule has 1 aliphatic rings. The van der Waals surface area contributed by atoms with Crippen LogP contribution < -0.4 is 15.0 Å². The van der Waals surface area contributed by atoms with Gasteiger partial charge in [-0.15, -0.1) is 0 Å². The highest BCUT2D eigenvalue weighted by molar-refractivity contribution is 7.99. The molecule has 2 heterocycles. The summed E-state index contributed by atoms with van der Waals surface area (Å²) in [6.07, 6.45) is 2.89. The molecule has 4 nitrogen and oxygen atoms in total. The van der Waals surface area contributed by atoms with Crippen molar-refractivity contribution in [2.75, 3.05) is 32.1 Å². The number of rotatable bonds is 6. The third kappa shape index (κ3) is 3.66. The zero-order valence-corrected chi connectivity index (χ0v) is 16.4. The third-order valence-corrected chi connectivity index (χ3v) is 5.82.